The van der Waals surface area contributed by atoms with E-state index < -0.39 is 17.6 Å². The fourth-order valence-electron chi connectivity index (χ4n) is 3.24. The number of rotatable bonds is 4. The molecule has 142 valence electrons. The molecule has 3 rings (SSSR count). The number of nitriles is 1. The van der Waals surface area contributed by atoms with Crippen LogP contribution in [0.3, 0.4) is 0 Å². The van der Waals surface area contributed by atoms with Crippen molar-refractivity contribution in [2.75, 3.05) is 18.0 Å². The van der Waals surface area contributed by atoms with Crippen molar-refractivity contribution in [2.24, 2.45) is 0 Å². The Hall–Kier alpha value is -2.66. The summed E-state index contributed by atoms with van der Waals surface area (Å²) in [4.78, 5) is 6.17. The third-order valence-electron chi connectivity index (χ3n) is 4.56. The van der Waals surface area contributed by atoms with E-state index in [1.165, 1.54) is 6.20 Å². The lowest BCUT2D eigenvalue weighted by Gasteiger charge is -2.35. The molecule has 27 heavy (non-hydrogen) atoms. The maximum absolute atomic E-state index is 13.8. The van der Waals surface area contributed by atoms with Gasteiger partial charge in [-0.1, -0.05) is 0 Å². The fourth-order valence-corrected chi connectivity index (χ4v) is 3.24. The van der Waals surface area contributed by atoms with Crippen molar-refractivity contribution in [3.63, 3.8) is 0 Å². The molecule has 1 aromatic heterocycles. The first-order valence-electron chi connectivity index (χ1n) is 8.57. The second kappa shape index (κ2) is 7.92. The van der Waals surface area contributed by atoms with E-state index in [4.69, 9.17) is 5.26 Å². The molecule has 1 fully saturated rings. The summed E-state index contributed by atoms with van der Waals surface area (Å²) >= 11 is 0. The minimum absolute atomic E-state index is 0.0595. The summed E-state index contributed by atoms with van der Waals surface area (Å²) in [7, 11) is 0. The van der Waals surface area contributed by atoms with Crippen LogP contribution in [0.1, 0.15) is 29.5 Å². The van der Waals surface area contributed by atoms with Crippen LogP contribution in [0.25, 0.3) is 0 Å². The molecule has 1 aliphatic heterocycles. The van der Waals surface area contributed by atoms with Crippen LogP contribution in [0.2, 0.25) is 0 Å². The zero-order valence-corrected chi connectivity index (χ0v) is 14.4. The molecule has 0 unspecified atom stereocenters. The molecule has 2 aromatic rings. The summed E-state index contributed by atoms with van der Waals surface area (Å²) in [6.07, 6.45) is -1.59. The van der Waals surface area contributed by atoms with Crippen LogP contribution in [0.5, 0.6) is 0 Å². The molecule has 0 radical (unpaired) electrons. The summed E-state index contributed by atoms with van der Waals surface area (Å²) in [6.45, 7) is 1.67. The average Bonchev–Trinajstić information content (AvgIpc) is 2.66. The minimum atomic E-state index is -4.61. The van der Waals surface area contributed by atoms with Crippen molar-refractivity contribution in [2.45, 2.75) is 31.6 Å². The number of hydrogen-bond donors (Lipinski definition) is 1. The smallest absolute Gasteiger partial charge is 0.349 e. The minimum Gasteiger partial charge on any atom is -0.349 e. The summed E-state index contributed by atoms with van der Waals surface area (Å²) in [6, 6.07) is 7.92. The largest absolute Gasteiger partial charge is 0.416 e. The summed E-state index contributed by atoms with van der Waals surface area (Å²) in [5.41, 5.74) is -0.378. The Kier molecular flexibility index (Phi) is 5.61. The second-order valence-corrected chi connectivity index (χ2v) is 6.47. The number of halogens is 4. The molecule has 1 saturated heterocycles. The molecule has 1 N–H and O–H groups in total. The molecular weight excluding hydrogens is 360 g/mol. The maximum atomic E-state index is 13.8. The summed E-state index contributed by atoms with van der Waals surface area (Å²) < 4.78 is 52.8. The number of benzene rings is 1. The number of nitrogens with zero attached hydrogens (tertiary/aromatic N) is 3. The van der Waals surface area contributed by atoms with Crippen LogP contribution in [-0.2, 0) is 12.7 Å². The lowest BCUT2D eigenvalue weighted by atomic mass is 10.0. The number of anilines is 1. The molecule has 0 aliphatic carbocycles. The molecular formula is C19H18F4N4. The van der Waals surface area contributed by atoms with Crippen LogP contribution in [0.4, 0.5) is 23.4 Å². The number of pyridine rings is 1. The summed E-state index contributed by atoms with van der Waals surface area (Å²) in [5, 5.41) is 12.2. The summed E-state index contributed by atoms with van der Waals surface area (Å²) in [5.74, 6) is -0.364. The third-order valence-corrected chi connectivity index (χ3v) is 4.56. The van der Waals surface area contributed by atoms with Crippen molar-refractivity contribution in [3.8, 4) is 6.07 Å². The van der Waals surface area contributed by atoms with Crippen molar-refractivity contribution in [1.29, 1.82) is 5.26 Å². The van der Waals surface area contributed by atoms with E-state index in [9.17, 15) is 17.6 Å². The zero-order valence-electron chi connectivity index (χ0n) is 14.4. The van der Waals surface area contributed by atoms with Crippen LogP contribution in [-0.4, -0.2) is 24.1 Å². The van der Waals surface area contributed by atoms with Crippen LogP contribution in [0.15, 0.2) is 36.5 Å². The number of nitrogens with one attached hydrogen (secondary N) is 1. The van der Waals surface area contributed by atoms with Crippen molar-refractivity contribution in [3.05, 3.63) is 59.0 Å². The molecule has 0 spiro atoms. The predicted octanol–water partition coefficient (Wildman–Crippen LogP) is 3.87. The van der Waals surface area contributed by atoms with Gasteiger partial charge in [0.2, 0.25) is 0 Å². The van der Waals surface area contributed by atoms with Gasteiger partial charge in [0.1, 0.15) is 17.7 Å². The Morgan fingerprint density at radius 3 is 2.52 bits per heavy atom. The van der Waals surface area contributed by atoms with Gasteiger partial charge in [-0.3, -0.25) is 0 Å². The Morgan fingerprint density at radius 1 is 1.19 bits per heavy atom. The standard InChI is InChI=1S/C19H18F4N4/c20-16-8-14(7-15(9-16)19(21,22)23)12-27(17-3-5-25-6-4-17)18-2-1-13(10-24)11-26-18/h1-2,7-9,11,17,25H,3-6,12H2. The van der Waals surface area contributed by atoms with Crippen LogP contribution >= 0.6 is 0 Å². The molecule has 0 bridgehead atoms. The topological polar surface area (TPSA) is 52.0 Å². The van der Waals surface area contributed by atoms with Crippen LogP contribution < -0.4 is 10.2 Å². The highest BCUT2D eigenvalue weighted by atomic mass is 19.4. The normalized spacial score (nSPS) is 15.4. The monoisotopic (exact) mass is 378 g/mol. The Labute approximate surface area is 154 Å². The number of hydrogen-bond acceptors (Lipinski definition) is 4. The first kappa shape index (κ1) is 19.1. The zero-order chi connectivity index (χ0) is 19.4. The van der Waals surface area contributed by atoms with Gasteiger partial charge in [-0.15, -0.1) is 0 Å². The van der Waals surface area contributed by atoms with E-state index in [1.54, 1.807) is 12.1 Å². The highest BCUT2D eigenvalue weighted by Crippen LogP contribution is 2.31. The van der Waals surface area contributed by atoms with Crippen molar-refractivity contribution >= 4 is 5.82 Å². The van der Waals surface area contributed by atoms with Crippen molar-refractivity contribution in [1.82, 2.24) is 10.3 Å². The van der Waals surface area contributed by atoms with Gasteiger partial charge in [-0.05, 0) is 61.8 Å². The Bertz CT molecular complexity index is 821. The highest BCUT2D eigenvalue weighted by Gasteiger charge is 2.32. The molecule has 1 aromatic carbocycles. The highest BCUT2D eigenvalue weighted by molar-refractivity contribution is 5.44. The number of piperidine rings is 1. The molecule has 0 amide bonds. The Morgan fingerprint density at radius 2 is 1.93 bits per heavy atom. The molecule has 0 atom stereocenters. The van der Waals surface area contributed by atoms with E-state index in [2.05, 4.69) is 10.3 Å². The number of aromatic nitrogens is 1. The van der Waals surface area contributed by atoms with E-state index in [0.29, 0.717) is 17.4 Å². The average molecular weight is 378 g/mol. The van der Waals surface area contributed by atoms with E-state index >= 15 is 0 Å². The van der Waals surface area contributed by atoms with Gasteiger partial charge >= 0.3 is 6.18 Å². The second-order valence-electron chi connectivity index (χ2n) is 6.47. The van der Waals surface area contributed by atoms with Gasteiger partial charge in [0, 0.05) is 18.8 Å². The molecule has 4 nitrogen and oxygen atoms in total. The number of alkyl halides is 3. The van der Waals surface area contributed by atoms with Crippen LogP contribution in [0, 0.1) is 17.1 Å². The van der Waals surface area contributed by atoms with Gasteiger partial charge in [0.25, 0.3) is 0 Å². The van der Waals surface area contributed by atoms with Gasteiger partial charge in [0.05, 0.1) is 11.1 Å². The predicted molar refractivity (Wildman–Crippen MR) is 92.4 cm³/mol. The lowest BCUT2D eigenvalue weighted by molar-refractivity contribution is -0.137. The fraction of sp³-hybridized carbons (Fsp3) is 0.368. The van der Waals surface area contributed by atoms with Gasteiger partial charge in [0.15, 0.2) is 0 Å². The van der Waals surface area contributed by atoms with Gasteiger partial charge in [-0.25, -0.2) is 9.37 Å². The third kappa shape index (κ3) is 4.74. The lowest BCUT2D eigenvalue weighted by Crippen LogP contribution is -2.43. The van der Waals surface area contributed by atoms with E-state index in [0.717, 1.165) is 38.1 Å². The quantitative estimate of drug-likeness (QED) is 0.821. The first-order chi connectivity index (χ1) is 12.9. The van der Waals surface area contributed by atoms with E-state index in [1.807, 2.05) is 11.0 Å². The molecule has 2 heterocycles. The van der Waals surface area contributed by atoms with E-state index in [-0.39, 0.29) is 18.2 Å². The molecule has 0 saturated carbocycles. The van der Waals surface area contributed by atoms with Gasteiger partial charge in [-0.2, -0.15) is 18.4 Å². The van der Waals surface area contributed by atoms with Crippen molar-refractivity contribution < 1.29 is 17.6 Å². The molecule has 8 heteroatoms. The van der Waals surface area contributed by atoms with Gasteiger partial charge < -0.3 is 10.2 Å². The SMILES string of the molecule is N#Cc1ccc(N(Cc2cc(F)cc(C(F)(F)F)c2)C2CCNCC2)nc1. The maximum Gasteiger partial charge on any atom is 0.416 e. The first-order valence-corrected chi connectivity index (χ1v) is 8.57. The molecule has 1 aliphatic rings. The Balaban J connectivity index is 1.93.